The number of benzene rings is 3. The van der Waals surface area contributed by atoms with Crippen LogP contribution in [-0.4, -0.2) is 11.1 Å². The summed E-state index contributed by atoms with van der Waals surface area (Å²) in [5.74, 6) is -0.0724. The molecule has 34 heavy (non-hydrogen) atoms. The van der Waals surface area contributed by atoms with Gasteiger partial charge < -0.3 is 4.74 Å². The maximum absolute atomic E-state index is 13.2. The second-order valence-electron chi connectivity index (χ2n) is 7.52. The fourth-order valence-corrected chi connectivity index (χ4v) is 4.29. The van der Waals surface area contributed by atoms with Crippen LogP contribution in [0.15, 0.2) is 71.6 Å². The number of anilines is 1. The summed E-state index contributed by atoms with van der Waals surface area (Å²) >= 11 is 6.29. The van der Waals surface area contributed by atoms with Crippen LogP contribution >= 0.6 is 23.4 Å². The van der Waals surface area contributed by atoms with E-state index >= 15 is 0 Å². The number of hydrogen-bond acceptors (Lipinski definition) is 4. The second kappa shape index (κ2) is 9.56. The molecule has 3 aromatic rings. The predicted molar refractivity (Wildman–Crippen MR) is 127 cm³/mol. The molecule has 174 valence electrons. The second-order valence-corrected chi connectivity index (χ2v) is 8.92. The lowest BCUT2D eigenvalue weighted by Gasteiger charge is -2.16. The van der Waals surface area contributed by atoms with Gasteiger partial charge in [-0.2, -0.15) is 13.2 Å². The highest BCUT2D eigenvalue weighted by molar-refractivity contribution is 8.19. The van der Waals surface area contributed by atoms with Crippen molar-refractivity contribution >= 4 is 46.3 Å². The summed E-state index contributed by atoms with van der Waals surface area (Å²) < 4.78 is 45.3. The van der Waals surface area contributed by atoms with E-state index < -0.39 is 27.9 Å². The average molecular weight is 504 g/mol. The number of rotatable bonds is 5. The zero-order chi connectivity index (χ0) is 24.5. The largest absolute Gasteiger partial charge is 0.489 e. The van der Waals surface area contributed by atoms with Crippen molar-refractivity contribution < 1.29 is 27.5 Å². The zero-order valence-electron chi connectivity index (χ0n) is 17.7. The number of carbonyl (C=O) groups is 2. The number of alkyl halides is 3. The maximum atomic E-state index is 13.2. The molecule has 1 heterocycles. The van der Waals surface area contributed by atoms with Gasteiger partial charge >= 0.3 is 6.18 Å². The van der Waals surface area contributed by atoms with Gasteiger partial charge in [0.05, 0.1) is 21.2 Å². The number of carbonyl (C=O) groups excluding carboxylic acids is 2. The van der Waals surface area contributed by atoms with Crippen molar-refractivity contribution in [3.05, 3.63) is 98.9 Å². The lowest BCUT2D eigenvalue weighted by Crippen LogP contribution is -2.28. The summed E-state index contributed by atoms with van der Waals surface area (Å²) in [6.45, 7) is 2.41. The zero-order valence-corrected chi connectivity index (χ0v) is 19.3. The molecule has 0 aromatic heterocycles. The Labute approximate surface area is 203 Å². The number of thioether (sulfide) groups is 1. The highest BCUT2D eigenvalue weighted by Gasteiger charge is 2.39. The van der Waals surface area contributed by atoms with E-state index in [1.165, 1.54) is 12.1 Å². The van der Waals surface area contributed by atoms with Crippen molar-refractivity contribution in [2.24, 2.45) is 0 Å². The normalized spacial score (nSPS) is 15.3. The Bertz CT molecular complexity index is 1270. The Kier molecular flexibility index (Phi) is 6.72. The molecule has 0 aliphatic carbocycles. The number of imide groups is 1. The van der Waals surface area contributed by atoms with E-state index in [0.717, 1.165) is 17.2 Å². The molecule has 1 aliphatic rings. The molecule has 1 fully saturated rings. The molecule has 9 heteroatoms. The van der Waals surface area contributed by atoms with Crippen molar-refractivity contribution in [1.82, 2.24) is 0 Å². The third-order valence-electron chi connectivity index (χ3n) is 5.01. The summed E-state index contributed by atoms with van der Waals surface area (Å²) in [6, 6.07) is 17.8. The van der Waals surface area contributed by atoms with Crippen LogP contribution < -0.4 is 9.64 Å². The van der Waals surface area contributed by atoms with Crippen LogP contribution in [0.1, 0.15) is 22.3 Å². The molecule has 1 aliphatic heterocycles. The fraction of sp³-hybridized carbons (Fsp3) is 0.120. The Morgan fingerprint density at radius 2 is 1.68 bits per heavy atom. The topological polar surface area (TPSA) is 46.6 Å². The smallest absolute Gasteiger partial charge is 0.417 e. The summed E-state index contributed by atoms with van der Waals surface area (Å²) in [7, 11) is 0. The van der Waals surface area contributed by atoms with E-state index in [9.17, 15) is 22.8 Å². The number of amides is 2. The van der Waals surface area contributed by atoms with Crippen LogP contribution in [0.4, 0.5) is 23.7 Å². The van der Waals surface area contributed by atoms with Crippen LogP contribution in [0.5, 0.6) is 5.75 Å². The minimum atomic E-state index is -4.71. The summed E-state index contributed by atoms with van der Waals surface area (Å²) in [6.07, 6.45) is -3.21. The Morgan fingerprint density at radius 3 is 2.32 bits per heavy atom. The van der Waals surface area contributed by atoms with Crippen molar-refractivity contribution in [3.63, 3.8) is 0 Å². The van der Waals surface area contributed by atoms with E-state index in [1.807, 2.05) is 31.2 Å². The minimum absolute atomic E-state index is 0.0989. The molecule has 0 saturated carbocycles. The van der Waals surface area contributed by atoms with Crippen LogP contribution in [0.3, 0.4) is 0 Å². The number of halogens is 4. The van der Waals surface area contributed by atoms with Crippen molar-refractivity contribution in [2.75, 3.05) is 4.90 Å². The lowest BCUT2D eigenvalue weighted by molar-refractivity contribution is -0.137. The van der Waals surface area contributed by atoms with Gasteiger partial charge in [0.25, 0.3) is 11.1 Å². The van der Waals surface area contributed by atoms with Gasteiger partial charge in [-0.3, -0.25) is 9.59 Å². The molecule has 0 atom stereocenters. The van der Waals surface area contributed by atoms with Crippen LogP contribution in [0, 0.1) is 6.92 Å². The highest BCUT2D eigenvalue weighted by atomic mass is 35.5. The fourth-order valence-electron chi connectivity index (χ4n) is 3.22. The highest BCUT2D eigenvalue weighted by Crippen LogP contribution is 2.40. The molecule has 4 rings (SSSR count). The van der Waals surface area contributed by atoms with Crippen LogP contribution in [0.25, 0.3) is 6.08 Å². The van der Waals surface area contributed by atoms with Gasteiger partial charge in [0.1, 0.15) is 12.4 Å². The molecular formula is C25H17ClF3NO3S. The monoisotopic (exact) mass is 503 g/mol. The summed E-state index contributed by atoms with van der Waals surface area (Å²) in [4.78, 5) is 26.0. The summed E-state index contributed by atoms with van der Waals surface area (Å²) in [5, 5.41) is -1.20. The van der Waals surface area contributed by atoms with Gasteiger partial charge in [-0.15, -0.1) is 0 Å². The standard InChI is InChI=1S/C25H17ClF3NO3S/c1-15-2-4-17(5-3-15)14-33-19-9-6-16(7-10-19)12-22-23(31)30(24(32)34-22)18-8-11-21(26)20(13-18)25(27,28)29/h2-13H,14H2,1H3/b22-12-. The molecule has 0 spiro atoms. The third kappa shape index (κ3) is 5.29. The van der Waals surface area contributed by atoms with Crippen LogP contribution in [0.2, 0.25) is 5.02 Å². The predicted octanol–water partition coefficient (Wildman–Crippen LogP) is 7.49. The molecule has 2 amide bonds. The Hall–Kier alpha value is -3.23. The molecule has 0 unspecified atom stereocenters. The van der Waals surface area contributed by atoms with Gasteiger partial charge in [-0.1, -0.05) is 53.6 Å². The number of hydrogen-bond donors (Lipinski definition) is 0. The Morgan fingerprint density at radius 1 is 1.00 bits per heavy atom. The van der Waals surface area contributed by atoms with E-state index in [-0.39, 0.29) is 10.6 Å². The van der Waals surface area contributed by atoms with E-state index in [1.54, 1.807) is 24.3 Å². The molecule has 3 aromatic carbocycles. The number of aryl methyl sites for hydroxylation is 1. The van der Waals surface area contributed by atoms with Crippen LogP contribution in [-0.2, 0) is 17.6 Å². The van der Waals surface area contributed by atoms with Gasteiger partial charge in [-0.25, -0.2) is 4.90 Å². The SMILES string of the molecule is Cc1ccc(COc2ccc(/C=C3\SC(=O)N(c4ccc(Cl)c(C(F)(F)F)c4)C3=O)cc2)cc1. The maximum Gasteiger partial charge on any atom is 0.417 e. The van der Waals surface area contributed by atoms with Gasteiger partial charge in [-0.05, 0) is 66.2 Å². The average Bonchev–Trinajstić information content (AvgIpc) is 3.07. The number of ether oxygens (including phenoxy) is 1. The van der Waals surface area contributed by atoms with E-state index in [2.05, 4.69) is 0 Å². The first-order valence-electron chi connectivity index (χ1n) is 10.0. The molecule has 1 saturated heterocycles. The molecule has 4 nitrogen and oxygen atoms in total. The minimum Gasteiger partial charge on any atom is -0.489 e. The van der Waals surface area contributed by atoms with E-state index in [4.69, 9.17) is 16.3 Å². The van der Waals surface area contributed by atoms with E-state index in [0.29, 0.717) is 40.6 Å². The first kappa shape index (κ1) is 23.9. The first-order chi connectivity index (χ1) is 16.1. The third-order valence-corrected chi connectivity index (χ3v) is 6.21. The van der Waals surface area contributed by atoms with Gasteiger partial charge in [0.15, 0.2) is 0 Å². The molecule has 0 N–H and O–H groups in total. The van der Waals surface area contributed by atoms with Crippen molar-refractivity contribution in [3.8, 4) is 5.75 Å². The van der Waals surface area contributed by atoms with Crippen molar-refractivity contribution in [1.29, 1.82) is 0 Å². The quantitative estimate of drug-likeness (QED) is 0.338. The lowest BCUT2D eigenvalue weighted by atomic mass is 10.1. The van der Waals surface area contributed by atoms with Gasteiger partial charge in [0, 0.05) is 0 Å². The van der Waals surface area contributed by atoms with Crippen molar-refractivity contribution in [2.45, 2.75) is 19.7 Å². The Balaban J connectivity index is 1.48. The number of nitrogens with zero attached hydrogens (tertiary/aromatic N) is 1. The molecular weight excluding hydrogens is 487 g/mol. The first-order valence-corrected chi connectivity index (χ1v) is 11.2. The van der Waals surface area contributed by atoms with Gasteiger partial charge in [0.2, 0.25) is 0 Å². The molecule has 0 bridgehead atoms. The molecule has 0 radical (unpaired) electrons. The summed E-state index contributed by atoms with van der Waals surface area (Å²) in [5.41, 5.74) is 1.52.